The topological polar surface area (TPSA) is 39.1 Å². The lowest BCUT2D eigenvalue weighted by atomic mass is 10.0. The second-order valence-corrected chi connectivity index (χ2v) is 5.01. The van der Waals surface area contributed by atoms with E-state index in [9.17, 15) is 0 Å². The van der Waals surface area contributed by atoms with Crippen LogP contribution in [0.2, 0.25) is 0 Å². The number of rotatable bonds is 5. The fourth-order valence-corrected chi connectivity index (χ4v) is 2.60. The molecule has 96 valence electrons. The molecule has 0 aromatic heterocycles. The molecule has 3 heteroatoms. The zero-order valence-corrected chi connectivity index (χ0v) is 11.0. The highest BCUT2D eigenvalue weighted by Gasteiger charge is 2.21. The van der Waals surface area contributed by atoms with Gasteiger partial charge < -0.3 is 10.2 Å². The zero-order chi connectivity index (χ0) is 12.8. The van der Waals surface area contributed by atoms with Gasteiger partial charge in [0.05, 0.1) is 12.5 Å². The first-order valence-corrected chi connectivity index (χ1v) is 6.67. The van der Waals surface area contributed by atoms with Crippen molar-refractivity contribution in [3.05, 3.63) is 35.9 Å². The molecule has 2 unspecified atom stereocenters. The van der Waals surface area contributed by atoms with E-state index in [0.29, 0.717) is 12.5 Å². The maximum Gasteiger partial charge on any atom is 0.0641 e. The molecule has 0 amide bonds. The van der Waals surface area contributed by atoms with Gasteiger partial charge in [-0.1, -0.05) is 30.3 Å². The Morgan fingerprint density at radius 3 is 2.83 bits per heavy atom. The van der Waals surface area contributed by atoms with Crippen LogP contribution in [-0.4, -0.2) is 31.1 Å². The molecule has 1 aromatic rings. The molecular weight excluding hydrogens is 222 g/mol. The summed E-state index contributed by atoms with van der Waals surface area (Å²) in [5.74, 6) is 0. The highest BCUT2D eigenvalue weighted by molar-refractivity contribution is 5.19. The van der Waals surface area contributed by atoms with Crippen LogP contribution in [0.25, 0.3) is 0 Å². The van der Waals surface area contributed by atoms with Gasteiger partial charge in [-0.15, -0.1) is 0 Å². The largest absolute Gasteiger partial charge is 0.307 e. The molecule has 18 heavy (non-hydrogen) atoms. The van der Waals surface area contributed by atoms with Crippen molar-refractivity contribution in [3.63, 3.8) is 0 Å². The third kappa shape index (κ3) is 3.32. The maximum absolute atomic E-state index is 8.94. The molecule has 0 spiro atoms. The average molecular weight is 243 g/mol. The van der Waals surface area contributed by atoms with Crippen molar-refractivity contribution >= 4 is 0 Å². The van der Waals surface area contributed by atoms with Crippen LogP contribution in [0.5, 0.6) is 0 Å². The predicted molar refractivity (Wildman–Crippen MR) is 73.1 cm³/mol. The molecule has 0 bridgehead atoms. The molecule has 2 rings (SSSR count). The molecule has 1 aliphatic rings. The minimum absolute atomic E-state index is 0.158. The van der Waals surface area contributed by atoms with Crippen LogP contribution in [0.15, 0.2) is 30.3 Å². The Morgan fingerprint density at radius 2 is 2.22 bits per heavy atom. The van der Waals surface area contributed by atoms with Gasteiger partial charge in [-0.05, 0) is 32.0 Å². The van der Waals surface area contributed by atoms with Gasteiger partial charge in [-0.3, -0.25) is 0 Å². The third-order valence-electron chi connectivity index (χ3n) is 3.77. The second-order valence-electron chi connectivity index (χ2n) is 5.01. The average Bonchev–Trinajstić information content (AvgIpc) is 2.81. The Hall–Kier alpha value is -1.37. The molecule has 0 saturated carbocycles. The van der Waals surface area contributed by atoms with Gasteiger partial charge in [0, 0.05) is 18.6 Å². The highest BCUT2D eigenvalue weighted by Crippen LogP contribution is 2.18. The van der Waals surface area contributed by atoms with Crippen molar-refractivity contribution in [1.82, 2.24) is 10.2 Å². The molecule has 1 aromatic carbocycles. The molecule has 3 nitrogen and oxygen atoms in total. The van der Waals surface area contributed by atoms with Gasteiger partial charge in [-0.25, -0.2) is 0 Å². The van der Waals surface area contributed by atoms with Gasteiger partial charge in [0.15, 0.2) is 0 Å². The number of nitrogens with zero attached hydrogens (tertiary/aromatic N) is 2. The van der Waals surface area contributed by atoms with Crippen molar-refractivity contribution < 1.29 is 0 Å². The Morgan fingerprint density at radius 1 is 1.44 bits per heavy atom. The molecule has 1 aliphatic heterocycles. The zero-order valence-electron chi connectivity index (χ0n) is 11.0. The number of hydrogen-bond acceptors (Lipinski definition) is 3. The molecule has 1 saturated heterocycles. The van der Waals surface area contributed by atoms with Crippen LogP contribution in [0.4, 0.5) is 0 Å². The lowest BCUT2D eigenvalue weighted by molar-refractivity contribution is 0.292. The maximum atomic E-state index is 8.94. The van der Waals surface area contributed by atoms with Gasteiger partial charge in [0.2, 0.25) is 0 Å². The monoisotopic (exact) mass is 243 g/mol. The number of nitriles is 1. The summed E-state index contributed by atoms with van der Waals surface area (Å²) in [6, 6.07) is 13.3. The first-order chi connectivity index (χ1) is 8.81. The van der Waals surface area contributed by atoms with E-state index in [4.69, 9.17) is 5.26 Å². The van der Waals surface area contributed by atoms with Crippen LogP contribution in [0, 0.1) is 11.3 Å². The van der Waals surface area contributed by atoms with E-state index in [2.05, 4.69) is 35.5 Å². The first kappa shape index (κ1) is 13.1. The summed E-state index contributed by atoms with van der Waals surface area (Å²) in [6.07, 6.45) is 3.08. The summed E-state index contributed by atoms with van der Waals surface area (Å²) >= 11 is 0. The van der Waals surface area contributed by atoms with E-state index in [1.807, 2.05) is 18.2 Å². The molecule has 1 N–H and O–H groups in total. The van der Waals surface area contributed by atoms with Crippen LogP contribution >= 0.6 is 0 Å². The standard InChI is InChI=1S/C15H21N3/c1-18-11-5-8-14(18)12-17-15(9-10-16)13-6-3-2-4-7-13/h2-4,6-7,14-15,17H,5,8-9,11-12H2,1H3. The van der Waals surface area contributed by atoms with Gasteiger partial charge >= 0.3 is 0 Å². The molecule has 1 heterocycles. The summed E-state index contributed by atoms with van der Waals surface area (Å²) in [5.41, 5.74) is 1.21. The molecule has 2 atom stereocenters. The highest BCUT2D eigenvalue weighted by atomic mass is 15.2. The number of hydrogen-bond donors (Lipinski definition) is 1. The van der Waals surface area contributed by atoms with E-state index in [1.54, 1.807) is 0 Å². The summed E-state index contributed by atoms with van der Waals surface area (Å²) in [7, 11) is 2.18. The van der Waals surface area contributed by atoms with Crippen LogP contribution in [0.1, 0.15) is 30.9 Å². The number of benzene rings is 1. The molecular formula is C15H21N3. The quantitative estimate of drug-likeness (QED) is 0.862. The minimum atomic E-state index is 0.158. The van der Waals surface area contributed by atoms with Crippen molar-refractivity contribution in [1.29, 1.82) is 5.26 Å². The number of likely N-dealkylation sites (tertiary alicyclic amines) is 1. The van der Waals surface area contributed by atoms with E-state index in [0.717, 1.165) is 6.54 Å². The predicted octanol–water partition coefficient (Wildman–Crippen LogP) is 2.33. The van der Waals surface area contributed by atoms with Crippen LogP contribution in [0.3, 0.4) is 0 Å². The molecule has 0 radical (unpaired) electrons. The Balaban J connectivity index is 1.93. The van der Waals surface area contributed by atoms with E-state index >= 15 is 0 Å². The fourth-order valence-electron chi connectivity index (χ4n) is 2.60. The number of likely N-dealkylation sites (N-methyl/N-ethyl adjacent to an activating group) is 1. The van der Waals surface area contributed by atoms with Gasteiger partial charge in [0.25, 0.3) is 0 Å². The molecule has 1 fully saturated rings. The van der Waals surface area contributed by atoms with Crippen LogP contribution in [-0.2, 0) is 0 Å². The lowest BCUT2D eigenvalue weighted by Gasteiger charge is -2.23. The fraction of sp³-hybridized carbons (Fsp3) is 0.533. The van der Waals surface area contributed by atoms with Crippen molar-refractivity contribution in [3.8, 4) is 6.07 Å². The minimum Gasteiger partial charge on any atom is -0.307 e. The first-order valence-electron chi connectivity index (χ1n) is 6.67. The summed E-state index contributed by atoms with van der Waals surface area (Å²) < 4.78 is 0. The van der Waals surface area contributed by atoms with E-state index in [1.165, 1.54) is 24.9 Å². The van der Waals surface area contributed by atoms with Crippen molar-refractivity contribution in [2.24, 2.45) is 0 Å². The Bertz CT molecular complexity index is 396. The van der Waals surface area contributed by atoms with Crippen LogP contribution < -0.4 is 5.32 Å². The Labute approximate surface area is 109 Å². The lowest BCUT2D eigenvalue weighted by Crippen LogP contribution is -2.37. The second kappa shape index (κ2) is 6.53. The van der Waals surface area contributed by atoms with E-state index in [-0.39, 0.29) is 6.04 Å². The Kier molecular flexibility index (Phi) is 4.74. The van der Waals surface area contributed by atoms with Gasteiger partial charge in [-0.2, -0.15) is 5.26 Å². The third-order valence-corrected chi connectivity index (χ3v) is 3.77. The number of nitrogens with one attached hydrogen (secondary N) is 1. The SMILES string of the molecule is CN1CCCC1CNC(CC#N)c1ccccc1. The summed E-state index contributed by atoms with van der Waals surface area (Å²) in [4.78, 5) is 2.40. The van der Waals surface area contributed by atoms with Crippen molar-refractivity contribution in [2.75, 3.05) is 20.1 Å². The van der Waals surface area contributed by atoms with Crippen molar-refractivity contribution in [2.45, 2.75) is 31.3 Å². The molecule has 0 aliphatic carbocycles. The normalized spacial score (nSPS) is 21.7. The van der Waals surface area contributed by atoms with Gasteiger partial charge in [0.1, 0.15) is 0 Å². The summed E-state index contributed by atoms with van der Waals surface area (Å²) in [6.45, 7) is 2.17. The summed E-state index contributed by atoms with van der Waals surface area (Å²) in [5, 5.41) is 12.5. The smallest absolute Gasteiger partial charge is 0.0641 e. The van der Waals surface area contributed by atoms with E-state index < -0.39 is 0 Å².